The molecule has 4 heterocycles. The van der Waals surface area contributed by atoms with Gasteiger partial charge in [0.1, 0.15) is 11.3 Å². The molecular weight excluding hydrogens is 450 g/mol. The lowest BCUT2D eigenvalue weighted by atomic mass is 10.00. The number of hydrogen-bond donors (Lipinski definition) is 1. The van der Waals surface area contributed by atoms with E-state index in [4.69, 9.17) is 4.98 Å². The summed E-state index contributed by atoms with van der Waals surface area (Å²) in [7, 11) is 0. The van der Waals surface area contributed by atoms with Crippen LogP contribution in [0.2, 0.25) is 0 Å². The Hall–Kier alpha value is -4.00. The molecule has 36 heavy (non-hydrogen) atoms. The molecule has 0 spiro atoms. The molecule has 0 radical (unpaired) electrons. The van der Waals surface area contributed by atoms with Crippen molar-refractivity contribution in [2.75, 3.05) is 13.1 Å². The topological polar surface area (TPSA) is 80.1 Å². The predicted molar refractivity (Wildman–Crippen MR) is 137 cm³/mol. The van der Waals surface area contributed by atoms with Gasteiger partial charge in [-0.3, -0.25) is 9.59 Å². The largest absolute Gasteiger partial charge is 0.345 e. The summed E-state index contributed by atoms with van der Waals surface area (Å²) in [6.07, 6.45) is 5.62. The Bertz CT molecular complexity index is 1410. The number of piperidine rings is 1. The highest BCUT2D eigenvalue weighted by Gasteiger charge is 2.33. The first kappa shape index (κ1) is 22.5. The summed E-state index contributed by atoms with van der Waals surface area (Å²) in [5.74, 6) is 1.06. The van der Waals surface area contributed by atoms with Gasteiger partial charge < -0.3 is 14.8 Å². The number of rotatable bonds is 6. The van der Waals surface area contributed by atoms with Crippen LogP contribution in [0, 0.1) is 0 Å². The van der Waals surface area contributed by atoms with Gasteiger partial charge in [-0.2, -0.15) is 0 Å². The number of hydrogen-bond acceptors (Lipinski definition) is 4. The number of aromatic nitrogens is 3. The van der Waals surface area contributed by atoms with Gasteiger partial charge in [0.05, 0.1) is 12.5 Å². The van der Waals surface area contributed by atoms with E-state index in [1.807, 2.05) is 53.6 Å². The number of nitrogens with one attached hydrogen (secondary N) is 1. The summed E-state index contributed by atoms with van der Waals surface area (Å²) >= 11 is 0. The van der Waals surface area contributed by atoms with E-state index in [9.17, 15) is 9.59 Å². The number of benzene rings is 2. The smallest absolute Gasteiger partial charge is 0.252 e. The van der Waals surface area contributed by atoms with Gasteiger partial charge in [-0.1, -0.05) is 48.5 Å². The standard InChI is InChI=1S/C29H29N5O2/c35-27(19-25-22-9-4-5-10-23(22)29(36)32-25)33-17-14-21(15-18-33)34-26(13-12-20-7-2-1-3-8-20)31-24-11-6-16-30-28(24)34/h1-11,16,21,25H,12-15,17-19H2,(H,32,36). The van der Waals surface area contributed by atoms with Crippen LogP contribution in [0.4, 0.5) is 0 Å². The SMILES string of the molecule is O=C1NC(CC(=O)N2CCC(n3c(CCc4ccccc4)nc4cccnc43)CC2)c2ccccc21. The van der Waals surface area contributed by atoms with Crippen LogP contribution in [-0.2, 0) is 17.6 Å². The fourth-order valence-electron chi connectivity index (χ4n) is 5.60. The van der Waals surface area contributed by atoms with Crippen LogP contribution >= 0.6 is 0 Å². The number of amides is 2. The lowest BCUT2D eigenvalue weighted by Gasteiger charge is -2.34. The number of pyridine rings is 1. The van der Waals surface area contributed by atoms with Gasteiger partial charge >= 0.3 is 0 Å². The van der Waals surface area contributed by atoms with Gasteiger partial charge in [-0.25, -0.2) is 9.97 Å². The highest BCUT2D eigenvalue weighted by Crippen LogP contribution is 2.31. The van der Waals surface area contributed by atoms with Crippen molar-refractivity contribution in [2.45, 2.75) is 44.2 Å². The van der Waals surface area contributed by atoms with Crippen LogP contribution in [0.5, 0.6) is 0 Å². The van der Waals surface area contributed by atoms with Gasteiger partial charge in [-0.15, -0.1) is 0 Å². The zero-order chi connectivity index (χ0) is 24.5. The Balaban J connectivity index is 1.15. The second kappa shape index (κ2) is 9.57. The third-order valence-electron chi connectivity index (χ3n) is 7.45. The molecule has 0 bridgehead atoms. The van der Waals surface area contributed by atoms with Crippen LogP contribution < -0.4 is 5.32 Å². The second-order valence-electron chi connectivity index (χ2n) is 9.66. The van der Waals surface area contributed by atoms with E-state index < -0.39 is 0 Å². The molecule has 1 N–H and O–H groups in total. The minimum atomic E-state index is -0.245. The van der Waals surface area contributed by atoms with Crippen LogP contribution in [-0.4, -0.2) is 44.3 Å². The molecule has 6 rings (SSSR count). The average molecular weight is 480 g/mol. The zero-order valence-electron chi connectivity index (χ0n) is 20.1. The van der Waals surface area contributed by atoms with Gasteiger partial charge in [0.25, 0.3) is 5.91 Å². The lowest BCUT2D eigenvalue weighted by Crippen LogP contribution is -2.40. The van der Waals surface area contributed by atoms with E-state index >= 15 is 0 Å². The molecule has 2 aromatic heterocycles. The van der Waals surface area contributed by atoms with E-state index in [-0.39, 0.29) is 23.9 Å². The number of likely N-dealkylation sites (tertiary alicyclic amines) is 1. The molecule has 4 aromatic rings. The average Bonchev–Trinajstić information content (AvgIpc) is 3.45. The lowest BCUT2D eigenvalue weighted by molar-refractivity contribution is -0.133. The van der Waals surface area contributed by atoms with Gasteiger partial charge in [0.15, 0.2) is 5.65 Å². The molecule has 0 aliphatic carbocycles. The summed E-state index contributed by atoms with van der Waals surface area (Å²) in [4.78, 5) is 36.9. The Morgan fingerprint density at radius 2 is 1.72 bits per heavy atom. The molecule has 1 atom stereocenters. The van der Waals surface area contributed by atoms with E-state index in [1.165, 1.54) is 5.56 Å². The van der Waals surface area contributed by atoms with Gasteiger partial charge in [0.2, 0.25) is 5.91 Å². The van der Waals surface area contributed by atoms with Crippen LogP contribution in [0.3, 0.4) is 0 Å². The third kappa shape index (κ3) is 4.26. The molecule has 0 saturated carbocycles. The van der Waals surface area contributed by atoms with Gasteiger partial charge in [0, 0.05) is 37.3 Å². The Labute approximate surface area is 210 Å². The minimum Gasteiger partial charge on any atom is -0.345 e. The van der Waals surface area contributed by atoms with Crippen molar-refractivity contribution in [1.82, 2.24) is 24.8 Å². The maximum atomic E-state index is 13.1. The first-order chi connectivity index (χ1) is 17.7. The molecule has 7 nitrogen and oxygen atoms in total. The van der Waals surface area contributed by atoms with Crippen LogP contribution in [0.25, 0.3) is 11.2 Å². The van der Waals surface area contributed by atoms with Crippen molar-refractivity contribution in [1.29, 1.82) is 0 Å². The third-order valence-corrected chi connectivity index (χ3v) is 7.45. The first-order valence-electron chi connectivity index (χ1n) is 12.7. The first-order valence-corrected chi connectivity index (χ1v) is 12.7. The highest BCUT2D eigenvalue weighted by molar-refractivity contribution is 5.99. The number of aryl methyl sites for hydroxylation is 2. The van der Waals surface area contributed by atoms with E-state index in [0.29, 0.717) is 25.1 Å². The number of fused-ring (bicyclic) bond motifs is 2. The van der Waals surface area contributed by atoms with Crippen LogP contribution in [0.15, 0.2) is 72.9 Å². The number of carbonyl (C=O) groups is 2. The molecule has 182 valence electrons. The Morgan fingerprint density at radius 3 is 2.56 bits per heavy atom. The predicted octanol–water partition coefficient (Wildman–Crippen LogP) is 4.25. The Morgan fingerprint density at radius 1 is 0.944 bits per heavy atom. The quantitative estimate of drug-likeness (QED) is 0.448. The highest BCUT2D eigenvalue weighted by atomic mass is 16.2. The van der Waals surface area contributed by atoms with E-state index in [0.717, 1.165) is 48.2 Å². The molecular formula is C29H29N5O2. The fraction of sp³-hybridized carbons (Fsp3) is 0.310. The fourth-order valence-corrected chi connectivity index (χ4v) is 5.60. The normalized spacial score (nSPS) is 17.8. The maximum Gasteiger partial charge on any atom is 0.252 e. The zero-order valence-corrected chi connectivity index (χ0v) is 20.1. The van der Waals surface area contributed by atoms with Gasteiger partial charge in [-0.05, 0) is 48.6 Å². The summed E-state index contributed by atoms with van der Waals surface area (Å²) in [5, 5.41) is 2.97. The number of carbonyl (C=O) groups excluding carboxylic acids is 2. The molecule has 1 saturated heterocycles. The number of imidazole rings is 1. The molecule has 7 heteroatoms. The second-order valence-corrected chi connectivity index (χ2v) is 9.66. The van der Waals surface area contributed by atoms with Crippen LogP contribution in [0.1, 0.15) is 58.7 Å². The molecule has 2 aliphatic rings. The number of nitrogens with zero attached hydrogens (tertiary/aromatic N) is 4. The molecule has 2 aliphatic heterocycles. The van der Waals surface area contributed by atoms with Crippen molar-refractivity contribution in [3.8, 4) is 0 Å². The minimum absolute atomic E-state index is 0.0911. The molecule has 1 fully saturated rings. The maximum absolute atomic E-state index is 13.1. The summed E-state index contributed by atoms with van der Waals surface area (Å²) in [5.41, 5.74) is 4.75. The van der Waals surface area contributed by atoms with E-state index in [1.54, 1.807) is 0 Å². The van der Waals surface area contributed by atoms with Crippen molar-refractivity contribution >= 4 is 23.0 Å². The molecule has 2 aromatic carbocycles. The summed E-state index contributed by atoms with van der Waals surface area (Å²) < 4.78 is 2.31. The summed E-state index contributed by atoms with van der Waals surface area (Å²) in [6.45, 7) is 1.38. The monoisotopic (exact) mass is 479 g/mol. The van der Waals surface area contributed by atoms with Crippen molar-refractivity contribution in [2.24, 2.45) is 0 Å². The van der Waals surface area contributed by atoms with Crippen molar-refractivity contribution in [3.63, 3.8) is 0 Å². The molecule has 1 unspecified atom stereocenters. The molecule has 2 amide bonds. The summed E-state index contributed by atoms with van der Waals surface area (Å²) in [6, 6.07) is 22.0. The van der Waals surface area contributed by atoms with E-state index in [2.05, 4.69) is 39.1 Å². The Kier molecular flexibility index (Phi) is 5.97. The van der Waals surface area contributed by atoms with Crippen molar-refractivity contribution < 1.29 is 9.59 Å². The van der Waals surface area contributed by atoms with Crippen molar-refractivity contribution in [3.05, 3.63) is 95.4 Å².